The summed E-state index contributed by atoms with van der Waals surface area (Å²) >= 11 is -3.96. The second-order valence-corrected chi connectivity index (χ2v) is 61.8. The van der Waals surface area contributed by atoms with E-state index in [9.17, 15) is 0 Å². The van der Waals surface area contributed by atoms with E-state index in [0.717, 1.165) is 0 Å². The Labute approximate surface area is 293 Å². The van der Waals surface area contributed by atoms with Crippen LogP contribution in [-0.2, 0) is 17.1 Å². The fourth-order valence-electron chi connectivity index (χ4n) is 9.27. The molecule has 0 aliphatic heterocycles. The third kappa shape index (κ3) is 6.78. The van der Waals surface area contributed by atoms with E-state index in [-0.39, 0.29) is 0 Å². The second kappa shape index (κ2) is 15.1. The van der Waals surface area contributed by atoms with Crippen molar-refractivity contribution < 1.29 is 17.1 Å². The van der Waals surface area contributed by atoms with Crippen LogP contribution in [0, 0.1) is 13.8 Å². The Morgan fingerprint density at radius 1 is 0.521 bits per heavy atom. The van der Waals surface area contributed by atoms with Gasteiger partial charge in [-0.05, 0) is 0 Å². The molecule has 0 aromatic heterocycles. The van der Waals surface area contributed by atoms with E-state index in [4.69, 9.17) is 0 Å². The van der Waals surface area contributed by atoms with Crippen molar-refractivity contribution in [3.05, 3.63) is 130 Å². The maximum absolute atomic E-state index is 3.96. The number of aryl methyl sites for hydroxylation is 2. The first kappa shape index (κ1) is 35.3. The molecule has 48 heavy (non-hydrogen) atoms. The first-order valence-corrected chi connectivity index (χ1v) is 37.7. The van der Waals surface area contributed by atoms with E-state index < -0.39 is 22.6 Å². The molecule has 4 aromatic carbocycles. The Morgan fingerprint density at radius 3 is 1.33 bits per heavy atom. The molecule has 6 rings (SSSR count). The Hall–Kier alpha value is -2.55. The predicted octanol–water partition coefficient (Wildman–Crippen LogP) is 14.4. The number of benzene rings is 4. The summed E-state index contributed by atoms with van der Waals surface area (Å²) in [6.45, 7) is 9.11. The van der Waals surface area contributed by atoms with Gasteiger partial charge in [0.25, 0.3) is 0 Å². The van der Waals surface area contributed by atoms with Crippen LogP contribution in [0.4, 0.5) is 0 Å². The molecular weight excluding hydrogens is 759 g/mol. The van der Waals surface area contributed by atoms with Crippen molar-refractivity contribution in [2.75, 3.05) is 0 Å². The van der Waals surface area contributed by atoms with E-state index >= 15 is 0 Å². The molecule has 0 bridgehead atoms. The van der Waals surface area contributed by atoms with Gasteiger partial charge in [0.05, 0.1) is 0 Å². The van der Waals surface area contributed by atoms with Gasteiger partial charge in [0, 0.05) is 0 Å². The summed E-state index contributed by atoms with van der Waals surface area (Å²) in [5.74, 6) is 0. The minimum atomic E-state index is -3.96. The van der Waals surface area contributed by atoms with E-state index in [1.54, 1.807) is 11.1 Å². The van der Waals surface area contributed by atoms with Crippen LogP contribution < -0.4 is 0 Å². The number of hydrogen-bond acceptors (Lipinski definition) is 0. The normalized spacial score (nSPS) is 16.7. The topological polar surface area (TPSA) is 0 Å². The van der Waals surface area contributed by atoms with Gasteiger partial charge in [-0.3, -0.25) is 0 Å². The number of fused-ring (bicyclic) bond motifs is 2. The zero-order chi connectivity index (χ0) is 33.8. The van der Waals surface area contributed by atoms with Crippen molar-refractivity contribution >= 4 is 17.6 Å². The van der Waals surface area contributed by atoms with Crippen molar-refractivity contribution in [3.8, 4) is 22.3 Å². The summed E-state index contributed by atoms with van der Waals surface area (Å²) in [6.07, 6.45) is 21.6. The standard InChI is InChI=1S/2C16H13.C12H26Si.2CH3.Hf/c2*1-12-8-10-14(11-9-12)16-7-3-5-13-4-2-6-15(13)16;1-3-5-7-9-11-13-12-10-8-6-4-2;;;/h2*2-11H,1H3;3-12H2,1-2H3;2*1H3;. The molecule has 0 nitrogen and oxygen atoms in total. The molecule has 0 amide bonds. The molecular formula is C46H58HfSi. The molecule has 0 N–H and O–H groups in total. The van der Waals surface area contributed by atoms with Crippen LogP contribution in [0.5, 0.6) is 0 Å². The van der Waals surface area contributed by atoms with Gasteiger partial charge < -0.3 is 0 Å². The van der Waals surface area contributed by atoms with Gasteiger partial charge in [-0.25, -0.2) is 0 Å². The van der Waals surface area contributed by atoms with E-state index in [1.807, 2.05) is 0 Å². The minimum absolute atomic E-state index is 0.581. The van der Waals surface area contributed by atoms with Gasteiger partial charge in [0.15, 0.2) is 0 Å². The molecule has 0 heterocycles. The van der Waals surface area contributed by atoms with Gasteiger partial charge in [-0.15, -0.1) is 0 Å². The quantitative estimate of drug-likeness (QED) is 0.0878. The fourth-order valence-corrected chi connectivity index (χ4v) is 62.8. The maximum atomic E-state index is 2.97. The molecule has 2 unspecified atom stereocenters. The Bertz CT molecular complexity index is 1730. The molecule has 0 saturated carbocycles. The van der Waals surface area contributed by atoms with Crippen molar-refractivity contribution in [2.45, 2.75) is 108 Å². The molecule has 2 heteroatoms. The van der Waals surface area contributed by atoms with Crippen LogP contribution in [0.3, 0.4) is 0 Å². The molecule has 2 aliphatic carbocycles. The zero-order valence-electron chi connectivity index (χ0n) is 30.6. The summed E-state index contributed by atoms with van der Waals surface area (Å²) in [7, 11) is 0. The third-order valence-electron chi connectivity index (χ3n) is 12.3. The Balaban J connectivity index is 1.55. The van der Waals surface area contributed by atoms with Crippen molar-refractivity contribution in [1.29, 1.82) is 0 Å². The molecule has 0 spiro atoms. The monoisotopic (exact) mass is 818 g/mol. The number of unbranched alkanes of at least 4 members (excludes halogenated alkanes) is 6. The predicted molar refractivity (Wildman–Crippen MR) is 212 cm³/mol. The van der Waals surface area contributed by atoms with Crippen molar-refractivity contribution in [1.82, 2.24) is 0 Å². The summed E-state index contributed by atoms with van der Waals surface area (Å²) in [4.78, 5) is 0. The first-order chi connectivity index (χ1) is 23.3. The average Bonchev–Trinajstić information content (AvgIpc) is 3.75. The van der Waals surface area contributed by atoms with Crippen molar-refractivity contribution in [3.63, 3.8) is 0 Å². The van der Waals surface area contributed by atoms with Crippen LogP contribution in [-0.4, -0.2) is 5.49 Å². The van der Waals surface area contributed by atoms with Gasteiger partial charge in [-0.2, -0.15) is 0 Å². The van der Waals surface area contributed by atoms with E-state index in [0.29, 0.717) is 7.35 Å². The summed E-state index contributed by atoms with van der Waals surface area (Å²) in [6, 6.07) is 35.9. The van der Waals surface area contributed by atoms with Crippen LogP contribution in [0.1, 0.15) is 106 Å². The fraction of sp³-hybridized carbons (Fsp3) is 0.391. The van der Waals surface area contributed by atoms with Gasteiger partial charge in [-0.1, -0.05) is 0 Å². The molecule has 2 aliphatic rings. The van der Waals surface area contributed by atoms with Crippen LogP contribution in [0.2, 0.25) is 21.4 Å². The molecule has 0 fully saturated rings. The van der Waals surface area contributed by atoms with Crippen molar-refractivity contribution in [2.24, 2.45) is 0 Å². The van der Waals surface area contributed by atoms with Crippen LogP contribution in [0.15, 0.2) is 97.1 Å². The average molecular weight is 818 g/mol. The molecule has 0 saturated heterocycles. The molecule has 250 valence electrons. The molecule has 4 aromatic rings. The number of rotatable bonds is 14. The third-order valence-corrected chi connectivity index (χ3v) is 68.3. The zero-order valence-corrected chi connectivity index (χ0v) is 35.2. The number of hydrogen-bond donors (Lipinski definition) is 0. The second-order valence-electron chi connectivity index (χ2n) is 15.9. The number of allylic oxidation sites excluding steroid dienone is 2. The van der Waals surface area contributed by atoms with E-state index in [1.165, 1.54) is 108 Å². The van der Waals surface area contributed by atoms with Crippen LogP contribution in [0.25, 0.3) is 34.4 Å². The van der Waals surface area contributed by atoms with Gasteiger partial charge in [0.1, 0.15) is 0 Å². The Kier molecular flexibility index (Phi) is 11.1. The summed E-state index contributed by atoms with van der Waals surface area (Å²) < 4.78 is 7.10. The van der Waals surface area contributed by atoms with Crippen LogP contribution >= 0.6 is 0 Å². The van der Waals surface area contributed by atoms with E-state index in [2.05, 4.69) is 146 Å². The SMILES string of the molecule is CCCCCC[Si](CCCCCC)=[Hf]([CH3])([CH3])([CH]1C=Cc2c(-c3ccc(C)cc3)cccc21)[CH]1C=Cc2c(-c3ccc(C)cc3)cccc21. The Morgan fingerprint density at radius 2 is 0.938 bits per heavy atom. The van der Waals surface area contributed by atoms with Gasteiger partial charge >= 0.3 is 295 Å². The molecule has 2 atom stereocenters. The molecule has 0 radical (unpaired) electrons. The summed E-state index contributed by atoms with van der Waals surface area (Å²) in [5.41, 5.74) is 13.8. The van der Waals surface area contributed by atoms with Gasteiger partial charge in [0.2, 0.25) is 0 Å². The summed E-state index contributed by atoms with van der Waals surface area (Å²) in [5, 5.41) is 0. The first-order valence-electron chi connectivity index (χ1n) is 19.1.